The molecule has 0 unspecified atom stereocenters. The molecule has 3 heteroatoms. The molecule has 0 fully saturated rings. The minimum Gasteiger partial charge on any atom is -0.381 e. The zero-order chi connectivity index (χ0) is 6.41. The third kappa shape index (κ3) is 4.05. The fourth-order valence-corrected chi connectivity index (χ4v) is 0.432. The van der Waals surface area contributed by atoms with E-state index in [4.69, 9.17) is 10.8 Å². The summed E-state index contributed by atoms with van der Waals surface area (Å²) in [6.07, 6.45) is 0.955. The molecular weight excluding hydrogens is 104 g/mol. The van der Waals surface area contributed by atoms with Crippen molar-refractivity contribution in [3.63, 3.8) is 0 Å². The van der Waals surface area contributed by atoms with Gasteiger partial charge in [-0.3, -0.25) is 4.90 Å². The number of rotatable bonds is 4. The first-order valence-electron chi connectivity index (χ1n) is 2.80. The summed E-state index contributed by atoms with van der Waals surface area (Å²) in [5.41, 5.74) is 5.22. The second-order valence-electron chi connectivity index (χ2n) is 1.86. The van der Waals surface area contributed by atoms with E-state index in [1.54, 1.807) is 0 Å². The Labute approximate surface area is 50.1 Å². The molecule has 8 heavy (non-hydrogen) atoms. The Morgan fingerprint density at radius 2 is 2.25 bits per heavy atom. The zero-order valence-electron chi connectivity index (χ0n) is 5.30. The van der Waals surface area contributed by atoms with Crippen LogP contribution in [0.4, 0.5) is 0 Å². The van der Waals surface area contributed by atoms with E-state index in [9.17, 15) is 0 Å². The first-order valence-corrected chi connectivity index (χ1v) is 2.80. The van der Waals surface area contributed by atoms with E-state index >= 15 is 0 Å². The fourth-order valence-electron chi connectivity index (χ4n) is 0.432. The number of aliphatic hydroxyl groups excluding tert-OH is 1. The SMILES string of the molecule is CN(CO)CCCN. The van der Waals surface area contributed by atoms with Crippen LogP contribution in [-0.4, -0.2) is 36.9 Å². The van der Waals surface area contributed by atoms with Gasteiger partial charge in [-0.25, -0.2) is 0 Å². The van der Waals surface area contributed by atoms with Gasteiger partial charge in [-0.15, -0.1) is 0 Å². The first-order chi connectivity index (χ1) is 3.81. The lowest BCUT2D eigenvalue weighted by molar-refractivity contribution is 0.132. The Kier molecular flexibility index (Phi) is 4.95. The fraction of sp³-hybridized carbons (Fsp3) is 1.00. The van der Waals surface area contributed by atoms with Gasteiger partial charge in [0.1, 0.15) is 0 Å². The van der Waals surface area contributed by atoms with Crippen LogP contribution >= 0.6 is 0 Å². The monoisotopic (exact) mass is 118 g/mol. The normalized spacial score (nSPS) is 10.5. The van der Waals surface area contributed by atoms with E-state index in [1.165, 1.54) is 0 Å². The predicted octanol–water partition coefficient (Wildman–Crippen LogP) is -0.783. The van der Waals surface area contributed by atoms with Gasteiger partial charge in [0.05, 0.1) is 6.73 Å². The molecule has 3 N–H and O–H groups in total. The molecule has 0 saturated heterocycles. The highest BCUT2D eigenvalue weighted by atomic mass is 16.3. The Morgan fingerprint density at radius 3 is 2.62 bits per heavy atom. The zero-order valence-corrected chi connectivity index (χ0v) is 5.30. The van der Waals surface area contributed by atoms with E-state index < -0.39 is 0 Å². The molecule has 0 rings (SSSR count). The maximum Gasteiger partial charge on any atom is 0.0954 e. The number of hydrogen-bond donors (Lipinski definition) is 2. The molecule has 0 amide bonds. The minimum atomic E-state index is 0.125. The van der Waals surface area contributed by atoms with E-state index in [2.05, 4.69) is 0 Å². The summed E-state index contributed by atoms with van der Waals surface area (Å²) in [6.45, 7) is 1.71. The summed E-state index contributed by atoms with van der Waals surface area (Å²) in [6, 6.07) is 0. The highest BCUT2D eigenvalue weighted by Crippen LogP contribution is 1.80. The molecule has 0 aromatic heterocycles. The van der Waals surface area contributed by atoms with Crippen molar-refractivity contribution in [1.29, 1.82) is 0 Å². The lowest BCUT2D eigenvalue weighted by atomic mass is 10.4. The smallest absolute Gasteiger partial charge is 0.0954 e. The largest absolute Gasteiger partial charge is 0.381 e. The van der Waals surface area contributed by atoms with Crippen LogP contribution in [-0.2, 0) is 0 Å². The number of nitrogens with zero attached hydrogens (tertiary/aromatic N) is 1. The van der Waals surface area contributed by atoms with Crippen molar-refractivity contribution in [2.75, 3.05) is 26.9 Å². The molecule has 50 valence electrons. The van der Waals surface area contributed by atoms with Crippen LogP contribution in [0.2, 0.25) is 0 Å². The number of aliphatic hydroxyl groups is 1. The second kappa shape index (κ2) is 5.03. The molecule has 0 heterocycles. The highest BCUT2D eigenvalue weighted by Gasteiger charge is 1.90. The summed E-state index contributed by atoms with van der Waals surface area (Å²) >= 11 is 0. The molecule has 0 aliphatic rings. The van der Waals surface area contributed by atoms with Crippen LogP contribution in [0.5, 0.6) is 0 Å². The lowest BCUT2D eigenvalue weighted by Crippen LogP contribution is -2.22. The van der Waals surface area contributed by atoms with Crippen molar-refractivity contribution in [3.05, 3.63) is 0 Å². The summed E-state index contributed by atoms with van der Waals surface area (Å²) in [7, 11) is 1.86. The maximum atomic E-state index is 8.45. The highest BCUT2D eigenvalue weighted by molar-refractivity contribution is 4.44. The lowest BCUT2D eigenvalue weighted by Gasteiger charge is -2.10. The van der Waals surface area contributed by atoms with E-state index in [-0.39, 0.29) is 6.73 Å². The Hall–Kier alpha value is -0.120. The van der Waals surface area contributed by atoms with Gasteiger partial charge in [-0.1, -0.05) is 0 Å². The van der Waals surface area contributed by atoms with Crippen LogP contribution in [0.15, 0.2) is 0 Å². The molecule has 0 spiro atoms. The molecule has 0 aromatic carbocycles. The van der Waals surface area contributed by atoms with Crippen LogP contribution < -0.4 is 5.73 Å². The van der Waals surface area contributed by atoms with Crippen LogP contribution in [0.25, 0.3) is 0 Å². The third-order valence-corrected chi connectivity index (χ3v) is 0.985. The van der Waals surface area contributed by atoms with Crippen LogP contribution in [0.1, 0.15) is 6.42 Å². The Bertz CT molecular complexity index is 49.7. The summed E-state index contributed by atoms with van der Waals surface area (Å²) < 4.78 is 0. The van der Waals surface area contributed by atoms with Gasteiger partial charge in [0.2, 0.25) is 0 Å². The number of nitrogens with two attached hydrogens (primary N) is 1. The summed E-state index contributed by atoms with van der Waals surface area (Å²) in [4.78, 5) is 1.81. The molecule has 0 aliphatic heterocycles. The van der Waals surface area contributed by atoms with Gasteiger partial charge in [0.25, 0.3) is 0 Å². The van der Waals surface area contributed by atoms with Crippen molar-refractivity contribution in [2.45, 2.75) is 6.42 Å². The average molecular weight is 118 g/mol. The maximum absolute atomic E-state index is 8.45. The van der Waals surface area contributed by atoms with Crippen molar-refractivity contribution >= 4 is 0 Å². The topological polar surface area (TPSA) is 49.5 Å². The second-order valence-corrected chi connectivity index (χ2v) is 1.86. The quantitative estimate of drug-likeness (QED) is 0.476. The minimum absolute atomic E-state index is 0.125. The van der Waals surface area contributed by atoms with Crippen molar-refractivity contribution in [2.24, 2.45) is 5.73 Å². The van der Waals surface area contributed by atoms with E-state index in [1.807, 2.05) is 11.9 Å². The van der Waals surface area contributed by atoms with Crippen molar-refractivity contribution < 1.29 is 5.11 Å². The van der Waals surface area contributed by atoms with Crippen LogP contribution in [0.3, 0.4) is 0 Å². The van der Waals surface area contributed by atoms with E-state index in [0.717, 1.165) is 13.0 Å². The Morgan fingerprint density at radius 1 is 1.62 bits per heavy atom. The first kappa shape index (κ1) is 7.88. The molecular formula is C5H14N2O. The van der Waals surface area contributed by atoms with Crippen molar-refractivity contribution in [1.82, 2.24) is 4.90 Å². The predicted molar refractivity (Wildman–Crippen MR) is 33.4 cm³/mol. The number of hydrogen-bond acceptors (Lipinski definition) is 3. The molecule has 0 saturated carbocycles. The standard InChI is InChI=1S/C5H14N2O/c1-7(5-8)4-2-3-6/h8H,2-6H2,1H3. The molecule has 0 radical (unpaired) electrons. The van der Waals surface area contributed by atoms with Gasteiger partial charge >= 0.3 is 0 Å². The Balaban J connectivity index is 2.86. The van der Waals surface area contributed by atoms with E-state index in [0.29, 0.717) is 6.54 Å². The van der Waals surface area contributed by atoms with Gasteiger partial charge < -0.3 is 10.8 Å². The van der Waals surface area contributed by atoms with Gasteiger partial charge in [-0.2, -0.15) is 0 Å². The van der Waals surface area contributed by atoms with Gasteiger partial charge in [0.15, 0.2) is 0 Å². The summed E-state index contributed by atoms with van der Waals surface area (Å²) in [5, 5.41) is 8.45. The molecule has 0 atom stereocenters. The van der Waals surface area contributed by atoms with Crippen LogP contribution in [0, 0.1) is 0 Å². The molecule has 3 nitrogen and oxygen atoms in total. The van der Waals surface area contributed by atoms with Crippen molar-refractivity contribution in [3.8, 4) is 0 Å². The molecule has 0 aliphatic carbocycles. The average Bonchev–Trinajstić information content (AvgIpc) is 1.83. The summed E-state index contributed by atoms with van der Waals surface area (Å²) in [5.74, 6) is 0. The third-order valence-electron chi connectivity index (χ3n) is 0.985. The molecule has 0 aromatic rings. The van der Waals surface area contributed by atoms with Gasteiger partial charge in [0, 0.05) is 6.54 Å². The molecule has 0 bridgehead atoms. The van der Waals surface area contributed by atoms with Gasteiger partial charge in [-0.05, 0) is 20.0 Å².